The Balaban J connectivity index is 2.03. The number of carbonyl (C=O) groups is 2. The molecule has 1 atom stereocenters. The van der Waals surface area contributed by atoms with Crippen LogP contribution in [0.1, 0.15) is 28.5 Å². The van der Waals surface area contributed by atoms with E-state index in [2.05, 4.69) is 14.1 Å². The zero-order valence-electron chi connectivity index (χ0n) is 15.9. The molecule has 0 aliphatic carbocycles. The molecule has 1 aliphatic rings. The second-order valence-electron chi connectivity index (χ2n) is 7.18. The number of amides is 1. The fraction of sp³-hybridized carbons (Fsp3) is 0.333. The number of likely N-dealkylation sites (tertiary alicyclic amines) is 1. The lowest BCUT2D eigenvalue weighted by atomic mass is 9.99. The molecule has 6 heteroatoms. The highest BCUT2D eigenvalue weighted by Gasteiger charge is 2.46. The number of thiophene rings is 1. The van der Waals surface area contributed by atoms with Crippen molar-refractivity contribution in [3.63, 3.8) is 0 Å². The summed E-state index contributed by atoms with van der Waals surface area (Å²) in [6, 6.07) is 10.6. The zero-order chi connectivity index (χ0) is 19.6. The van der Waals surface area contributed by atoms with Crippen molar-refractivity contribution in [3.05, 3.63) is 63.4 Å². The van der Waals surface area contributed by atoms with Crippen LogP contribution in [0.5, 0.6) is 0 Å². The highest BCUT2D eigenvalue weighted by Crippen LogP contribution is 2.41. The molecule has 2 aromatic rings. The normalized spacial score (nSPS) is 19.3. The summed E-state index contributed by atoms with van der Waals surface area (Å²) >= 11 is 1.49. The van der Waals surface area contributed by atoms with Crippen molar-refractivity contribution >= 4 is 28.8 Å². The first-order valence-electron chi connectivity index (χ1n) is 9.08. The maximum Gasteiger partial charge on any atom is 0.295 e. The molecule has 5 nitrogen and oxygen atoms in total. The maximum atomic E-state index is 12.8. The Morgan fingerprint density at radius 2 is 1.89 bits per heavy atom. The largest absolute Gasteiger partial charge is 0.507 e. The second kappa shape index (κ2) is 8.06. The Labute approximate surface area is 163 Å². The SMILES string of the molecule is Cc1ccc(/C(O)=C2\C(=O)C(=O)N(CCC[NH+](C)C)[C@H]2c2cccs2)cc1. The maximum absolute atomic E-state index is 12.8. The topological polar surface area (TPSA) is 62.0 Å². The number of rotatable bonds is 6. The Kier molecular flexibility index (Phi) is 5.77. The summed E-state index contributed by atoms with van der Waals surface area (Å²) < 4.78 is 0. The molecule has 0 radical (unpaired) electrons. The fourth-order valence-electron chi connectivity index (χ4n) is 3.32. The number of carbonyl (C=O) groups excluding carboxylic acids is 2. The van der Waals surface area contributed by atoms with E-state index in [-0.39, 0.29) is 11.3 Å². The number of nitrogens with one attached hydrogen (secondary N) is 1. The van der Waals surface area contributed by atoms with E-state index in [9.17, 15) is 14.7 Å². The fourth-order valence-corrected chi connectivity index (χ4v) is 4.17. The lowest BCUT2D eigenvalue weighted by molar-refractivity contribution is -0.858. The third-order valence-corrected chi connectivity index (χ3v) is 5.68. The molecule has 2 heterocycles. The van der Waals surface area contributed by atoms with Crippen molar-refractivity contribution < 1.29 is 19.6 Å². The number of aliphatic hydroxyl groups is 1. The van der Waals surface area contributed by atoms with Crippen molar-refractivity contribution in [1.29, 1.82) is 0 Å². The van der Waals surface area contributed by atoms with E-state index in [0.717, 1.165) is 23.4 Å². The van der Waals surface area contributed by atoms with Crippen LogP contribution in [0.3, 0.4) is 0 Å². The van der Waals surface area contributed by atoms with Crippen LogP contribution in [0.2, 0.25) is 0 Å². The standard InChI is InChI=1S/C21H24N2O3S/c1-14-7-9-15(10-8-14)19(24)17-18(16-6-4-13-27-16)23(21(26)20(17)25)12-5-11-22(2)3/h4,6-10,13,18,24H,5,11-12H2,1-3H3/p+1/b19-17+/t18-/m0/s1. The van der Waals surface area contributed by atoms with Gasteiger partial charge in [-0.1, -0.05) is 35.9 Å². The average Bonchev–Trinajstić information content (AvgIpc) is 3.24. The molecule has 1 aliphatic heterocycles. The minimum absolute atomic E-state index is 0.104. The van der Waals surface area contributed by atoms with Crippen LogP contribution in [0.4, 0.5) is 0 Å². The van der Waals surface area contributed by atoms with Crippen LogP contribution in [0, 0.1) is 6.92 Å². The predicted molar refractivity (Wildman–Crippen MR) is 107 cm³/mol. The van der Waals surface area contributed by atoms with Gasteiger partial charge in [-0.3, -0.25) is 9.59 Å². The first-order valence-corrected chi connectivity index (χ1v) is 9.96. The Bertz CT molecular complexity index is 854. The van der Waals surface area contributed by atoms with Crippen LogP contribution < -0.4 is 4.90 Å². The highest BCUT2D eigenvalue weighted by atomic mass is 32.1. The van der Waals surface area contributed by atoms with Crippen molar-refractivity contribution in [3.8, 4) is 0 Å². The summed E-state index contributed by atoms with van der Waals surface area (Å²) in [7, 11) is 4.12. The summed E-state index contributed by atoms with van der Waals surface area (Å²) in [6.07, 6.45) is 0.793. The molecular formula is C21H25N2O3S+. The van der Waals surface area contributed by atoms with Crippen molar-refractivity contribution in [2.75, 3.05) is 27.2 Å². The number of benzene rings is 1. The molecule has 0 spiro atoms. The molecule has 1 aromatic heterocycles. The van der Waals surface area contributed by atoms with Gasteiger partial charge < -0.3 is 14.9 Å². The van der Waals surface area contributed by atoms with Gasteiger partial charge >= 0.3 is 0 Å². The number of nitrogens with zero attached hydrogens (tertiary/aromatic N) is 1. The summed E-state index contributed by atoms with van der Waals surface area (Å²) in [5.41, 5.74) is 1.80. The number of ketones is 1. The smallest absolute Gasteiger partial charge is 0.295 e. The van der Waals surface area contributed by atoms with E-state index in [1.807, 2.05) is 36.6 Å². The highest BCUT2D eigenvalue weighted by molar-refractivity contribution is 7.10. The molecule has 1 fully saturated rings. The van der Waals surface area contributed by atoms with E-state index in [1.165, 1.54) is 16.2 Å². The van der Waals surface area contributed by atoms with Crippen LogP contribution in [0.15, 0.2) is 47.4 Å². The van der Waals surface area contributed by atoms with Gasteiger partial charge in [0.2, 0.25) is 0 Å². The van der Waals surface area contributed by atoms with Crippen molar-refractivity contribution in [2.45, 2.75) is 19.4 Å². The Hall–Kier alpha value is -2.44. The van der Waals surface area contributed by atoms with Crippen molar-refractivity contribution in [2.24, 2.45) is 0 Å². The summed E-state index contributed by atoms with van der Waals surface area (Å²) in [5.74, 6) is -1.24. The second-order valence-corrected chi connectivity index (χ2v) is 8.16. The van der Waals surface area contributed by atoms with Gasteiger partial charge in [-0.05, 0) is 18.4 Å². The minimum Gasteiger partial charge on any atom is -0.507 e. The van der Waals surface area contributed by atoms with Gasteiger partial charge in [0.05, 0.1) is 32.3 Å². The van der Waals surface area contributed by atoms with E-state index in [4.69, 9.17) is 0 Å². The summed E-state index contributed by atoms with van der Waals surface area (Å²) in [4.78, 5) is 29.3. The molecule has 142 valence electrons. The van der Waals surface area contributed by atoms with Gasteiger partial charge in [0, 0.05) is 23.4 Å². The first-order chi connectivity index (χ1) is 12.9. The first kappa shape index (κ1) is 19.3. The summed E-state index contributed by atoms with van der Waals surface area (Å²) in [5, 5.41) is 12.8. The molecule has 0 unspecified atom stereocenters. The van der Waals surface area contributed by atoms with E-state index >= 15 is 0 Å². The van der Waals surface area contributed by atoms with Gasteiger partial charge in [-0.25, -0.2) is 0 Å². The predicted octanol–water partition coefficient (Wildman–Crippen LogP) is 2.01. The molecule has 1 amide bonds. The number of hydrogen-bond acceptors (Lipinski definition) is 4. The van der Waals surface area contributed by atoms with Gasteiger partial charge in [0.15, 0.2) is 0 Å². The molecular weight excluding hydrogens is 360 g/mol. The lowest BCUT2D eigenvalue weighted by Gasteiger charge is -2.24. The van der Waals surface area contributed by atoms with E-state index < -0.39 is 17.7 Å². The molecule has 0 saturated carbocycles. The van der Waals surface area contributed by atoms with Crippen LogP contribution in [0.25, 0.3) is 5.76 Å². The van der Waals surface area contributed by atoms with Gasteiger partial charge in [-0.2, -0.15) is 0 Å². The van der Waals surface area contributed by atoms with Crippen LogP contribution >= 0.6 is 11.3 Å². The number of aryl methyl sites for hydroxylation is 1. The number of aliphatic hydroxyl groups excluding tert-OH is 1. The van der Waals surface area contributed by atoms with Gasteiger partial charge in [0.25, 0.3) is 11.7 Å². The number of quaternary nitrogens is 1. The van der Waals surface area contributed by atoms with E-state index in [1.54, 1.807) is 17.0 Å². The lowest BCUT2D eigenvalue weighted by Crippen LogP contribution is -3.05. The average molecular weight is 386 g/mol. The third-order valence-electron chi connectivity index (χ3n) is 4.75. The van der Waals surface area contributed by atoms with Crippen molar-refractivity contribution in [1.82, 2.24) is 4.90 Å². The number of Topliss-reactive ketones (excluding diaryl/α,β-unsaturated/α-hetero) is 1. The minimum atomic E-state index is -0.608. The third kappa shape index (κ3) is 3.96. The summed E-state index contributed by atoms with van der Waals surface area (Å²) in [6.45, 7) is 3.35. The quantitative estimate of drug-likeness (QED) is 0.454. The number of hydrogen-bond donors (Lipinski definition) is 2. The van der Waals surface area contributed by atoms with Gasteiger partial charge in [0.1, 0.15) is 5.76 Å². The Morgan fingerprint density at radius 3 is 2.48 bits per heavy atom. The Morgan fingerprint density at radius 1 is 1.19 bits per heavy atom. The molecule has 3 rings (SSSR count). The molecule has 0 bridgehead atoms. The molecule has 1 saturated heterocycles. The van der Waals surface area contributed by atoms with E-state index in [0.29, 0.717) is 12.1 Å². The molecule has 27 heavy (non-hydrogen) atoms. The monoisotopic (exact) mass is 385 g/mol. The zero-order valence-corrected chi connectivity index (χ0v) is 16.7. The molecule has 2 N–H and O–H groups in total. The van der Waals surface area contributed by atoms with Crippen LogP contribution in [-0.2, 0) is 9.59 Å². The van der Waals surface area contributed by atoms with Gasteiger partial charge in [-0.15, -0.1) is 11.3 Å². The van der Waals surface area contributed by atoms with Crippen LogP contribution in [-0.4, -0.2) is 48.9 Å². The molecule has 1 aromatic carbocycles.